The van der Waals surface area contributed by atoms with Crippen LogP contribution in [0.5, 0.6) is 0 Å². The van der Waals surface area contributed by atoms with Gasteiger partial charge in [-0.25, -0.2) is 0 Å². The van der Waals surface area contributed by atoms with Gasteiger partial charge in [-0.05, 0) is 20.8 Å². The topological polar surface area (TPSA) is 0 Å². The highest BCUT2D eigenvalue weighted by Gasteiger charge is 2.20. The highest BCUT2D eigenvalue weighted by Crippen LogP contribution is 2.15. The fourth-order valence-corrected chi connectivity index (χ4v) is 0.189. The van der Waals surface area contributed by atoms with Gasteiger partial charge < -0.3 is 0 Å². The van der Waals surface area contributed by atoms with Gasteiger partial charge in [0.15, 0.2) is 0 Å². The molecule has 0 fully saturated rings. The summed E-state index contributed by atoms with van der Waals surface area (Å²) < 4.78 is 32.9. The summed E-state index contributed by atoms with van der Waals surface area (Å²) in [5, 5.41) is 0.179. The predicted octanol–water partition coefficient (Wildman–Crippen LogP) is 5.74. The number of hydrogen-bond acceptors (Lipinski definition) is 0. The van der Waals surface area contributed by atoms with Gasteiger partial charge in [0, 0.05) is 38.5 Å². The van der Waals surface area contributed by atoms with E-state index in [1.165, 1.54) is 6.92 Å². The smallest absolute Gasteiger partial charge is 0.167 e. The van der Waals surface area contributed by atoms with Gasteiger partial charge in [-0.1, -0.05) is 6.08 Å². The Morgan fingerprint density at radius 2 is 1.27 bits per heavy atom. The minimum absolute atomic E-state index is 0.0895. The quantitative estimate of drug-likeness (QED) is 0.428. The number of halogens is 7. The molecular weight excluding hydrogens is 295 g/mol. The van der Waals surface area contributed by atoms with Crippen LogP contribution in [0.3, 0.4) is 0 Å². The number of hydrogen-bond donors (Lipinski definition) is 0. The highest BCUT2D eigenvalue weighted by molar-refractivity contribution is 6.85. The Labute approximate surface area is 108 Å². The second kappa shape index (κ2) is 12.8. The first-order valence-electron chi connectivity index (χ1n) is 3.83. The average Bonchev–Trinajstić information content (AvgIpc) is 2.06. The van der Waals surface area contributed by atoms with Gasteiger partial charge in [0.25, 0.3) is 0 Å². The van der Waals surface area contributed by atoms with Crippen LogP contribution in [0.15, 0.2) is 12.2 Å². The van der Waals surface area contributed by atoms with Gasteiger partial charge >= 0.3 is 6.18 Å². The molecule has 0 saturated heterocycles. The van der Waals surface area contributed by atoms with Crippen LogP contribution in [0.25, 0.3) is 0 Å². The summed E-state index contributed by atoms with van der Waals surface area (Å²) in [7, 11) is 8.22. The van der Waals surface area contributed by atoms with Crippen LogP contribution in [-0.4, -0.2) is 16.9 Å². The summed E-state index contributed by atoms with van der Waals surface area (Å²) in [6.07, 6.45) is -2.98. The molecule has 0 aromatic heterocycles. The Hall–Kier alpha value is 0.690. The third-order valence-electron chi connectivity index (χ3n) is 0.989. The third-order valence-corrected chi connectivity index (χ3v) is 1.87. The van der Waals surface area contributed by atoms with E-state index in [1.807, 2.05) is 13.8 Å². The molecule has 7 heteroatoms. The zero-order valence-corrected chi connectivity index (χ0v) is 11.5. The minimum Gasteiger partial charge on any atom is -0.167 e. The molecule has 0 aromatic carbocycles. The van der Waals surface area contributed by atoms with Gasteiger partial charge in [0.05, 0.1) is 0 Å². The van der Waals surface area contributed by atoms with Crippen molar-refractivity contribution in [2.45, 2.75) is 37.7 Å². The zero-order valence-electron chi connectivity index (χ0n) is 8.46. The van der Waals surface area contributed by atoms with Gasteiger partial charge in [-0.2, -0.15) is 13.2 Å². The summed E-state index contributed by atoms with van der Waals surface area (Å²) in [6.45, 7) is 5.08. The Morgan fingerprint density at radius 3 is 1.27 bits per heavy atom. The van der Waals surface area contributed by atoms with E-state index in [1.54, 1.807) is 0 Å². The highest BCUT2D eigenvalue weighted by atomic mass is 36.5. The second-order valence-electron chi connectivity index (χ2n) is 2.40. The molecule has 0 bridgehead atoms. The third kappa shape index (κ3) is 31.3. The fraction of sp³-hybridized carbons (Fsp3) is 0.750. The molecule has 0 rings (SSSR count). The average molecular weight is 308 g/mol. The molecule has 0 aliphatic heterocycles. The lowest BCUT2D eigenvalue weighted by Crippen LogP contribution is -2.03. The van der Waals surface area contributed by atoms with E-state index >= 15 is 0 Å². The first kappa shape index (κ1) is 21.0. The number of allylic oxidation sites excluding steroid dienone is 2. The van der Waals surface area contributed by atoms with E-state index in [9.17, 15) is 13.2 Å². The molecule has 2 unspecified atom stereocenters. The fourth-order valence-electron chi connectivity index (χ4n) is 0.189. The molecule has 2 atom stereocenters. The molecule has 94 valence electrons. The molecular formula is C8H13Cl4F3. The molecule has 15 heavy (non-hydrogen) atoms. The van der Waals surface area contributed by atoms with Crippen LogP contribution in [0, 0.1) is 0 Å². The molecule has 0 heterocycles. The van der Waals surface area contributed by atoms with E-state index < -0.39 is 6.18 Å². The van der Waals surface area contributed by atoms with Crippen molar-refractivity contribution in [3.8, 4) is 0 Å². The Balaban J connectivity index is -0.000000166. The lowest BCUT2D eigenvalue weighted by atomic mass is 10.4. The van der Waals surface area contributed by atoms with Gasteiger partial charge in [-0.15, -0.1) is 23.2 Å². The molecule has 0 aliphatic carbocycles. The van der Waals surface area contributed by atoms with Crippen LogP contribution in [-0.2, 0) is 0 Å². The molecule has 0 saturated carbocycles. The zero-order chi connectivity index (χ0) is 13.1. The van der Waals surface area contributed by atoms with Gasteiger partial charge in [0.2, 0.25) is 0 Å². The van der Waals surface area contributed by atoms with Crippen molar-refractivity contribution in [3.05, 3.63) is 12.2 Å². The molecule has 0 amide bonds. The van der Waals surface area contributed by atoms with Crippen LogP contribution < -0.4 is 0 Å². The van der Waals surface area contributed by atoms with Gasteiger partial charge in [0.1, 0.15) is 0 Å². The standard InChI is InChI=1S/C4H8Cl2.C4H5F3.Cl2/c1-3(5)4(2)6;1-2-3-4(5,6)7;1-2/h3-4H,1-2H3;2-3H,1H3;/b;3-2-;. The number of rotatable bonds is 1. The van der Waals surface area contributed by atoms with Crippen molar-refractivity contribution < 1.29 is 13.2 Å². The minimum atomic E-state index is -4.13. The van der Waals surface area contributed by atoms with Crippen molar-refractivity contribution in [2.75, 3.05) is 0 Å². The van der Waals surface area contributed by atoms with Crippen molar-refractivity contribution in [1.82, 2.24) is 0 Å². The molecule has 0 spiro atoms. The van der Waals surface area contributed by atoms with E-state index in [4.69, 9.17) is 23.2 Å². The predicted molar refractivity (Wildman–Crippen MR) is 63.2 cm³/mol. The van der Waals surface area contributed by atoms with Crippen LogP contribution >= 0.6 is 44.9 Å². The van der Waals surface area contributed by atoms with Gasteiger partial charge in [-0.3, -0.25) is 0 Å². The summed E-state index contributed by atoms with van der Waals surface area (Å²) in [6, 6.07) is 0. The summed E-state index contributed by atoms with van der Waals surface area (Å²) in [5.41, 5.74) is 0. The Morgan fingerprint density at radius 1 is 1.00 bits per heavy atom. The van der Waals surface area contributed by atoms with Crippen LogP contribution in [0.1, 0.15) is 20.8 Å². The monoisotopic (exact) mass is 306 g/mol. The van der Waals surface area contributed by atoms with E-state index in [0.29, 0.717) is 0 Å². The maximum absolute atomic E-state index is 11.0. The molecule has 0 N–H and O–H groups in total. The van der Waals surface area contributed by atoms with E-state index in [0.717, 1.165) is 6.08 Å². The molecule has 0 aliphatic rings. The SMILES string of the molecule is C/C=C\C(F)(F)F.CC(Cl)C(C)Cl.ClCl. The van der Waals surface area contributed by atoms with Crippen LogP contribution in [0.2, 0.25) is 0 Å². The lowest BCUT2D eigenvalue weighted by Gasteiger charge is -2.00. The van der Waals surface area contributed by atoms with Crippen molar-refractivity contribution in [3.63, 3.8) is 0 Å². The maximum Gasteiger partial charge on any atom is 0.409 e. The first-order chi connectivity index (χ1) is 6.70. The maximum atomic E-state index is 11.0. The normalized spacial score (nSPS) is 14.5. The lowest BCUT2D eigenvalue weighted by molar-refractivity contribution is -0.0799. The second-order valence-corrected chi connectivity index (χ2v) is 3.77. The molecule has 0 aromatic rings. The summed E-state index contributed by atoms with van der Waals surface area (Å²) in [5.74, 6) is 0. The Kier molecular flexibility index (Phi) is 17.9. The first-order valence-corrected chi connectivity index (χ1v) is 5.85. The largest absolute Gasteiger partial charge is 0.409 e. The van der Waals surface area contributed by atoms with Crippen molar-refractivity contribution >= 4 is 44.9 Å². The van der Waals surface area contributed by atoms with Crippen LogP contribution in [0.4, 0.5) is 13.2 Å². The van der Waals surface area contributed by atoms with E-state index in [2.05, 4.69) is 21.7 Å². The Bertz CT molecular complexity index is 137. The summed E-state index contributed by atoms with van der Waals surface area (Å²) >= 11 is 11.0. The molecule has 0 nitrogen and oxygen atoms in total. The number of alkyl halides is 5. The van der Waals surface area contributed by atoms with Crippen molar-refractivity contribution in [2.24, 2.45) is 0 Å². The molecule has 0 radical (unpaired) electrons. The van der Waals surface area contributed by atoms with Crippen molar-refractivity contribution in [1.29, 1.82) is 0 Å². The summed E-state index contributed by atoms with van der Waals surface area (Å²) in [4.78, 5) is 0. The van der Waals surface area contributed by atoms with E-state index in [-0.39, 0.29) is 16.8 Å².